The minimum absolute atomic E-state index is 0.101. The average molecular weight is 459 g/mol. The Hall–Kier alpha value is -3.51. The molecular weight excluding hydrogens is 432 g/mol. The minimum Gasteiger partial charge on any atom is -0.506 e. The number of rotatable bonds is 5. The highest BCUT2D eigenvalue weighted by atomic mass is 32.2. The van der Waals surface area contributed by atoms with E-state index in [0.29, 0.717) is 15.6 Å². The van der Waals surface area contributed by atoms with Crippen molar-refractivity contribution in [1.82, 2.24) is 4.57 Å². The number of ether oxygens (including phenoxy) is 1. The molecule has 168 valence electrons. The van der Waals surface area contributed by atoms with Crippen LogP contribution in [0.25, 0.3) is 11.8 Å². The Balaban J connectivity index is 1.78. The van der Waals surface area contributed by atoms with Crippen LogP contribution in [0, 0.1) is 20.8 Å². The van der Waals surface area contributed by atoms with Gasteiger partial charge in [-0.2, -0.15) is 0 Å². The Kier molecular flexibility index (Phi) is 6.56. The number of para-hydroxylation sites is 1. The maximum atomic E-state index is 12.6. The summed E-state index contributed by atoms with van der Waals surface area (Å²) in [5, 5.41) is 11.4. The van der Waals surface area contributed by atoms with E-state index in [1.165, 1.54) is 17.3 Å². The molecule has 33 heavy (non-hydrogen) atoms. The van der Waals surface area contributed by atoms with Gasteiger partial charge in [-0.3, -0.25) is 0 Å². The van der Waals surface area contributed by atoms with Gasteiger partial charge in [-0.05, 0) is 75.2 Å². The molecule has 0 saturated heterocycles. The number of aliphatic hydroxyl groups is 1. The SMILES string of the molecule is CCOC(=O)C1=C(O)/C(=C/c2cc(C)n(-c3cccc(C)c3)c2C)SC1=Nc1ccccc1. The second kappa shape index (κ2) is 9.55. The summed E-state index contributed by atoms with van der Waals surface area (Å²) < 4.78 is 7.38. The molecule has 0 amide bonds. The number of hydrogen-bond acceptors (Lipinski definition) is 5. The Labute approximate surface area is 198 Å². The lowest BCUT2D eigenvalue weighted by Crippen LogP contribution is -2.12. The summed E-state index contributed by atoms with van der Waals surface area (Å²) in [4.78, 5) is 17.8. The van der Waals surface area contributed by atoms with Crippen LogP contribution in [0.1, 0.15) is 29.4 Å². The molecule has 0 atom stereocenters. The van der Waals surface area contributed by atoms with Crippen molar-refractivity contribution >= 4 is 34.5 Å². The summed E-state index contributed by atoms with van der Waals surface area (Å²) in [5.74, 6) is -0.681. The van der Waals surface area contributed by atoms with E-state index in [1.54, 1.807) is 6.92 Å². The first-order chi connectivity index (χ1) is 15.9. The molecule has 1 aliphatic heterocycles. The number of nitrogens with zero attached hydrogens (tertiary/aromatic N) is 2. The summed E-state index contributed by atoms with van der Waals surface area (Å²) >= 11 is 1.27. The number of carbonyl (C=O) groups is 1. The fourth-order valence-electron chi connectivity index (χ4n) is 3.85. The minimum atomic E-state index is -0.578. The van der Waals surface area contributed by atoms with Crippen molar-refractivity contribution in [3.63, 3.8) is 0 Å². The number of aliphatic hydroxyl groups excluding tert-OH is 1. The van der Waals surface area contributed by atoms with Crippen molar-refractivity contribution in [3.05, 3.63) is 99.4 Å². The monoisotopic (exact) mass is 458 g/mol. The molecule has 1 aliphatic rings. The topological polar surface area (TPSA) is 63.8 Å². The van der Waals surface area contributed by atoms with Crippen LogP contribution in [0.3, 0.4) is 0 Å². The smallest absolute Gasteiger partial charge is 0.344 e. The van der Waals surface area contributed by atoms with E-state index >= 15 is 0 Å². The van der Waals surface area contributed by atoms with Gasteiger partial charge in [0.1, 0.15) is 16.4 Å². The van der Waals surface area contributed by atoms with Crippen LogP contribution in [0.15, 0.2) is 81.9 Å². The number of aryl methyl sites for hydroxylation is 2. The highest BCUT2D eigenvalue weighted by molar-refractivity contribution is 8.18. The number of carbonyl (C=O) groups excluding carboxylic acids is 1. The summed E-state index contributed by atoms with van der Waals surface area (Å²) in [5.41, 5.74) is 6.18. The van der Waals surface area contributed by atoms with Gasteiger partial charge < -0.3 is 14.4 Å². The van der Waals surface area contributed by atoms with Crippen LogP contribution >= 0.6 is 11.8 Å². The molecule has 2 heterocycles. The molecule has 0 bridgehead atoms. The zero-order valence-electron chi connectivity index (χ0n) is 19.1. The second-order valence-electron chi connectivity index (χ2n) is 7.81. The molecule has 0 fully saturated rings. The van der Waals surface area contributed by atoms with Crippen molar-refractivity contribution in [3.8, 4) is 5.69 Å². The molecule has 0 aliphatic carbocycles. The predicted molar refractivity (Wildman–Crippen MR) is 135 cm³/mol. The largest absolute Gasteiger partial charge is 0.506 e. The maximum Gasteiger partial charge on any atom is 0.344 e. The zero-order valence-corrected chi connectivity index (χ0v) is 19.9. The quantitative estimate of drug-likeness (QED) is 0.438. The molecule has 6 heteroatoms. The van der Waals surface area contributed by atoms with Gasteiger partial charge in [0, 0.05) is 17.1 Å². The fourth-order valence-corrected chi connectivity index (χ4v) is 4.88. The van der Waals surface area contributed by atoms with Gasteiger partial charge in [-0.15, -0.1) is 0 Å². The van der Waals surface area contributed by atoms with E-state index in [-0.39, 0.29) is 17.9 Å². The highest BCUT2D eigenvalue weighted by Crippen LogP contribution is 2.41. The normalized spacial score (nSPS) is 16.1. The van der Waals surface area contributed by atoms with Crippen LogP contribution in [0.2, 0.25) is 0 Å². The molecule has 3 aromatic rings. The zero-order chi connectivity index (χ0) is 23.5. The standard InChI is InChI=1S/C27H26N2O3S/c1-5-32-27(31)24-25(30)23(33-26(24)28-21-11-7-6-8-12-21)16-20-15-18(3)29(19(20)4)22-13-9-10-17(2)14-22/h6-16,30H,5H2,1-4H3/b23-16-,28-26?. The highest BCUT2D eigenvalue weighted by Gasteiger charge is 2.33. The molecule has 0 radical (unpaired) electrons. The fraction of sp³-hybridized carbons (Fsp3) is 0.185. The van der Waals surface area contributed by atoms with Gasteiger partial charge in [0.05, 0.1) is 17.2 Å². The predicted octanol–water partition coefficient (Wildman–Crippen LogP) is 6.60. The number of esters is 1. The van der Waals surface area contributed by atoms with E-state index in [0.717, 1.165) is 22.6 Å². The van der Waals surface area contributed by atoms with Gasteiger partial charge in [0.2, 0.25) is 0 Å². The number of benzene rings is 2. The van der Waals surface area contributed by atoms with E-state index < -0.39 is 5.97 Å². The third-order valence-electron chi connectivity index (χ3n) is 5.37. The van der Waals surface area contributed by atoms with Gasteiger partial charge >= 0.3 is 5.97 Å². The van der Waals surface area contributed by atoms with Gasteiger partial charge in [0.25, 0.3) is 0 Å². The van der Waals surface area contributed by atoms with Crippen molar-refractivity contribution in [2.75, 3.05) is 6.61 Å². The second-order valence-corrected chi connectivity index (χ2v) is 8.84. The van der Waals surface area contributed by atoms with Gasteiger partial charge in [-0.1, -0.05) is 42.1 Å². The Morgan fingerprint density at radius 1 is 1.09 bits per heavy atom. The average Bonchev–Trinajstić information content (AvgIpc) is 3.24. The van der Waals surface area contributed by atoms with Crippen LogP contribution in [0.4, 0.5) is 5.69 Å². The molecule has 0 saturated carbocycles. The number of thioether (sulfide) groups is 1. The lowest BCUT2D eigenvalue weighted by Gasteiger charge is -2.10. The third kappa shape index (κ3) is 4.66. The van der Waals surface area contributed by atoms with Crippen molar-refractivity contribution in [1.29, 1.82) is 0 Å². The molecule has 4 rings (SSSR count). The van der Waals surface area contributed by atoms with Crippen molar-refractivity contribution < 1.29 is 14.6 Å². The Morgan fingerprint density at radius 3 is 2.55 bits per heavy atom. The van der Waals surface area contributed by atoms with E-state index in [4.69, 9.17) is 4.74 Å². The Morgan fingerprint density at radius 2 is 1.85 bits per heavy atom. The summed E-state index contributed by atoms with van der Waals surface area (Å²) in [7, 11) is 0. The van der Waals surface area contributed by atoms with Crippen LogP contribution < -0.4 is 0 Å². The summed E-state index contributed by atoms with van der Waals surface area (Å²) in [6.45, 7) is 8.13. The number of hydrogen-bond donors (Lipinski definition) is 1. The molecular formula is C27H26N2O3S. The van der Waals surface area contributed by atoms with Gasteiger partial charge in [-0.25, -0.2) is 9.79 Å². The third-order valence-corrected chi connectivity index (χ3v) is 6.39. The maximum absolute atomic E-state index is 12.6. The first-order valence-electron chi connectivity index (χ1n) is 10.8. The summed E-state index contributed by atoms with van der Waals surface area (Å²) in [6.07, 6.45) is 1.90. The molecule has 5 nitrogen and oxygen atoms in total. The lowest BCUT2D eigenvalue weighted by molar-refractivity contribution is -0.138. The molecule has 1 N–H and O–H groups in total. The van der Waals surface area contributed by atoms with Gasteiger partial charge in [0.15, 0.2) is 0 Å². The molecule has 2 aromatic carbocycles. The molecule has 0 spiro atoms. The van der Waals surface area contributed by atoms with Crippen LogP contribution in [-0.4, -0.2) is 27.3 Å². The summed E-state index contributed by atoms with van der Waals surface area (Å²) in [6, 6.07) is 19.8. The molecule has 0 unspecified atom stereocenters. The van der Waals surface area contributed by atoms with E-state index in [2.05, 4.69) is 47.7 Å². The van der Waals surface area contributed by atoms with Crippen molar-refractivity contribution in [2.45, 2.75) is 27.7 Å². The van der Waals surface area contributed by atoms with Crippen molar-refractivity contribution in [2.24, 2.45) is 4.99 Å². The van der Waals surface area contributed by atoms with Crippen LogP contribution in [0.5, 0.6) is 0 Å². The van der Waals surface area contributed by atoms with E-state index in [9.17, 15) is 9.90 Å². The first-order valence-corrected chi connectivity index (χ1v) is 11.6. The Bertz CT molecular complexity index is 1300. The molecule has 1 aromatic heterocycles. The number of aromatic nitrogens is 1. The number of aliphatic imine (C=N–C) groups is 1. The first kappa shape index (κ1) is 22.7. The van der Waals surface area contributed by atoms with Crippen LogP contribution in [-0.2, 0) is 9.53 Å². The lowest BCUT2D eigenvalue weighted by atomic mass is 10.1. The van der Waals surface area contributed by atoms with E-state index in [1.807, 2.05) is 49.4 Å².